The topological polar surface area (TPSA) is 37.8 Å². The number of pyridine rings is 1. The zero-order valence-corrected chi connectivity index (χ0v) is 11.3. The van der Waals surface area contributed by atoms with Crippen molar-refractivity contribution >= 4 is 33.1 Å². The van der Waals surface area contributed by atoms with Gasteiger partial charge in [0.05, 0.1) is 10.5 Å². The van der Waals surface area contributed by atoms with Crippen LogP contribution in [0.5, 0.6) is 0 Å². The number of nitrogens with zero attached hydrogens (tertiary/aromatic N) is 2. The van der Waals surface area contributed by atoms with Crippen LogP contribution in [0.25, 0.3) is 0 Å². The van der Waals surface area contributed by atoms with Crippen LogP contribution in [0.2, 0.25) is 0 Å². The molecule has 3 nitrogen and oxygen atoms in total. The second-order valence-corrected chi connectivity index (χ2v) is 5.09. The van der Waals surface area contributed by atoms with Gasteiger partial charge >= 0.3 is 0 Å². The highest BCUT2D eigenvalue weighted by atomic mass is 79.9. The Morgan fingerprint density at radius 1 is 1.44 bits per heavy atom. The van der Waals surface area contributed by atoms with Gasteiger partial charge in [0.25, 0.3) is 0 Å². The van der Waals surface area contributed by atoms with Gasteiger partial charge in [0.2, 0.25) is 0 Å². The molecule has 0 spiro atoms. The Labute approximate surface area is 107 Å². The van der Waals surface area contributed by atoms with Gasteiger partial charge in [-0.3, -0.25) is 0 Å². The fraction of sp³-hybridized carbons (Fsp3) is 0.273. The Kier molecular flexibility index (Phi) is 3.90. The van der Waals surface area contributed by atoms with Crippen LogP contribution in [0, 0.1) is 0 Å². The zero-order valence-electron chi connectivity index (χ0n) is 8.85. The number of hydrogen-bond donors (Lipinski definition) is 1. The third-order valence-electron chi connectivity index (χ3n) is 2.23. The monoisotopic (exact) mass is 297 g/mol. The molecule has 1 atom stereocenters. The average Bonchev–Trinajstić information content (AvgIpc) is 2.81. The van der Waals surface area contributed by atoms with Crippen molar-refractivity contribution in [3.8, 4) is 0 Å². The van der Waals surface area contributed by atoms with Crippen LogP contribution in [0.1, 0.15) is 24.4 Å². The number of nitrogens with one attached hydrogen (secondary N) is 1. The molecule has 1 N–H and O–H groups in total. The van der Waals surface area contributed by atoms with Crippen molar-refractivity contribution in [2.24, 2.45) is 0 Å². The molecule has 2 heterocycles. The van der Waals surface area contributed by atoms with Crippen LogP contribution in [0.15, 0.2) is 34.4 Å². The Morgan fingerprint density at radius 3 is 2.94 bits per heavy atom. The Bertz CT molecular complexity index is 444. The molecule has 0 saturated heterocycles. The largest absolute Gasteiger partial charge is 0.360 e. The van der Waals surface area contributed by atoms with E-state index in [-0.39, 0.29) is 6.04 Å². The first-order valence-electron chi connectivity index (χ1n) is 5.07. The van der Waals surface area contributed by atoms with E-state index < -0.39 is 0 Å². The third kappa shape index (κ3) is 2.59. The first-order valence-corrected chi connectivity index (χ1v) is 6.75. The molecule has 0 bridgehead atoms. The second-order valence-electron chi connectivity index (χ2n) is 3.31. The predicted octanol–water partition coefficient (Wildman–Crippen LogP) is 3.86. The smallest absolute Gasteiger partial charge is 0.140 e. The van der Waals surface area contributed by atoms with Gasteiger partial charge in [-0.15, -0.1) is 11.3 Å². The molecule has 0 aliphatic heterocycles. The van der Waals surface area contributed by atoms with Crippen LogP contribution >= 0.6 is 27.3 Å². The minimum atomic E-state index is 0.228. The summed E-state index contributed by atoms with van der Waals surface area (Å²) in [4.78, 5) is 8.62. The average molecular weight is 298 g/mol. The Morgan fingerprint density at radius 2 is 2.31 bits per heavy atom. The number of aromatic nitrogens is 2. The molecule has 2 rings (SSSR count). The number of halogens is 1. The first-order chi connectivity index (χ1) is 7.81. The molecule has 0 saturated carbocycles. The summed E-state index contributed by atoms with van der Waals surface area (Å²) < 4.78 is 0.977. The van der Waals surface area contributed by atoms with Gasteiger partial charge in [0.15, 0.2) is 0 Å². The van der Waals surface area contributed by atoms with Gasteiger partial charge in [0, 0.05) is 17.8 Å². The standard InChI is InChI=1S/C11H12BrN3S/c1-2-9(11-14-6-7-16-11)15-10-8(12)4-3-5-13-10/h3-7,9H,2H2,1H3,(H,13,15). The van der Waals surface area contributed by atoms with Crippen molar-refractivity contribution in [2.45, 2.75) is 19.4 Å². The number of rotatable bonds is 4. The Balaban J connectivity index is 2.17. The summed E-state index contributed by atoms with van der Waals surface area (Å²) in [6, 6.07) is 4.11. The van der Waals surface area contributed by atoms with Gasteiger partial charge in [0.1, 0.15) is 10.8 Å². The molecule has 2 aromatic heterocycles. The van der Waals surface area contributed by atoms with Crippen LogP contribution in [0.4, 0.5) is 5.82 Å². The lowest BCUT2D eigenvalue weighted by Gasteiger charge is -2.15. The van der Waals surface area contributed by atoms with Gasteiger partial charge in [-0.1, -0.05) is 6.92 Å². The molecule has 84 valence electrons. The molecular formula is C11H12BrN3S. The molecule has 1 unspecified atom stereocenters. The molecule has 0 aromatic carbocycles. The maximum atomic E-state index is 4.33. The lowest BCUT2D eigenvalue weighted by Crippen LogP contribution is -2.10. The summed E-state index contributed by atoms with van der Waals surface area (Å²) >= 11 is 5.14. The van der Waals surface area contributed by atoms with E-state index in [9.17, 15) is 0 Å². The minimum absolute atomic E-state index is 0.228. The van der Waals surface area contributed by atoms with Gasteiger partial charge < -0.3 is 5.32 Å². The highest BCUT2D eigenvalue weighted by molar-refractivity contribution is 9.10. The SMILES string of the molecule is CCC(Nc1ncccc1Br)c1nccs1. The van der Waals surface area contributed by atoms with Crippen LogP contribution in [-0.4, -0.2) is 9.97 Å². The van der Waals surface area contributed by atoms with Gasteiger partial charge in [-0.05, 0) is 34.5 Å². The van der Waals surface area contributed by atoms with Crippen LogP contribution in [0.3, 0.4) is 0 Å². The summed E-state index contributed by atoms with van der Waals surface area (Å²) in [5, 5.41) is 6.48. The Hall–Kier alpha value is -0.940. The van der Waals surface area contributed by atoms with Crippen LogP contribution in [-0.2, 0) is 0 Å². The summed E-state index contributed by atoms with van der Waals surface area (Å²) in [6.07, 6.45) is 4.59. The molecule has 0 fully saturated rings. The maximum Gasteiger partial charge on any atom is 0.140 e. The van der Waals surface area contributed by atoms with E-state index in [2.05, 4.69) is 38.1 Å². The fourth-order valence-electron chi connectivity index (χ4n) is 1.40. The fourth-order valence-corrected chi connectivity index (χ4v) is 2.54. The maximum absolute atomic E-state index is 4.33. The van der Waals surface area contributed by atoms with Gasteiger partial charge in [-0.2, -0.15) is 0 Å². The second kappa shape index (κ2) is 5.41. The minimum Gasteiger partial charge on any atom is -0.360 e. The van der Waals surface area contributed by atoms with Crippen molar-refractivity contribution in [1.82, 2.24) is 9.97 Å². The highest BCUT2D eigenvalue weighted by Gasteiger charge is 2.13. The van der Waals surface area contributed by atoms with Crippen molar-refractivity contribution < 1.29 is 0 Å². The number of hydrogen-bond acceptors (Lipinski definition) is 4. The third-order valence-corrected chi connectivity index (χ3v) is 3.76. The molecule has 2 aromatic rings. The van der Waals surface area contributed by atoms with Crippen molar-refractivity contribution in [2.75, 3.05) is 5.32 Å². The summed E-state index contributed by atoms with van der Waals surface area (Å²) in [6.45, 7) is 2.13. The van der Waals surface area contributed by atoms with E-state index in [1.165, 1.54) is 0 Å². The molecule has 0 amide bonds. The molecular weight excluding hydrogens is 286 g/mol. The van der Waals surface area contributed by atoms with E-state index in [4.69, 9.17) is 0 Å². The molecule has 0 aliphatic rings. The normalized spacial score (nSPS) is 12.4. The quantitative estimate of drug-likeness (QED) is 0.931. The summed E-state index contributed by atoms with van der Waals surface area (Å²) in [5.74, 6) is 0.865. The lowest BCUT2D eigenvalue weighted by molar-refractivity contribution is 0.737. The molecule has 0 radical (unpaired) electrons. The van der Waals surface area contributed by atoms with Crippen molar-refractivity contribution in [1.29, 1.82) is 0 Å². The summed E-state index contributed by atoms with van der Waals surface area (Å²) in [5.41, 5.74) is 0. The lowest BCUT2D eigenvalue weighted by atomic mass is 10.2. The molecule has 5 heteroatoms. The van der Waals surface area contributed by atoms with Gasteiger partial charge in [-0.25, -0.2) is 9.97 Å². The molecule has 0 aliphatic carbocycles. The molecule has 16 heavy (non-hydrogen) atoms. The van der Waals surface area contributed by atoms with E-state index >= 15 is 0 Å². The number of anilines is 1. The predicted molar refractivity (Wildman–Crippen MR) is 70.7 cm³/mol. The zero-order chi connectivity index (χ0) is 11.4. The van der Waals surface area contributed by atoms with E-state index in [0.717, 1.165) is 21.7 Å². The van der Waals surface area contributed by atoms with E-state index in [0.29, 0.717) is 0 Å². The van der Waals surface area contributed by atoms with Crippen molar-refractivity contribution in [3.05, 3.63) is 39.4 Å². The van der Waals surface area contributed by atoms with E-state index in [1.54, 1.807) is 17.5 Å². The number of thiazole rings is 1. The highest BCUT2D eigenvalue weighted by Crippen LogP contribution is 2.26. The van der Waals surface area contributed by atoms with E-state index in [1.807, 2.05) is 23.7 Å². The summed E-state index contributed by atoms with van der Waals surface area (Å²) in [7, 11) is 0. The first kappa shape index (κ1) is 11.5. The van der Waals surface area contributed by atoms with Crippen molar-refractivity contribution in [3.63, 3.8) is 0 Å². The van der Waals surface area contributed by atoms with Crippen LogP contribution < -0.4 is 5.32 Å².